The number of nitrogens with one attached hydrogen (secondary N) is 2. The van der Waals surface area contributed by atoms with Gasteiger partial charge in [0.1, 0.15) is 12.6 Å². The Morgan fingerprint density at radius 2 is 2.10 bits per heavy atom. The van der Waals surface area contributed by atoms with Crippen LogP contribution in [0.2, 0.25) is 0 Å². The molecule has 0 aromatic heterocycles. The molecule has 0 spiro atoms. The summed E-state index contributed by atoms with van der Waals surface area (Å²) in [6.07, 6.45) is 6.18. The fraction of sp³-hybridized carbons (Fsp3) is 0.769. The zero-order chi connectivity index (χ0) is 15.4. The maximum Gasteiger partial charge on any atom is 0.328 e. The third-order valence-corrected chi connectivity index (χ3v) is 5.21. The number of piperazine rings is 1. The van der Waals surface area contributed by atoms with E-state index < -0.39 is 18.0 Å². The van der Waals surface area contributed by atoms with Crippen molar-refractivity contribution in [2.24, 2.45) is 0 Å². The van der Waals surface area contributed by atoms with Gasteiger partial charge in [0.25, 0.3) is 0 Å². The zero-order valence-corrected chi connectivity index (χ0v) is 12.8. The summed E-state index contributed by atoms with van der Waals surface area (Å²) in [5.41, 5.74) is 0. The van der Waals surface area contributed by atoms with E-state index in [2.05, 4.69) is 10.6 Å². The molecule has 8 heteroatoms. The van der Waals surface area contributed by atoms with Gasteiger partial charge in [0.15, 0.2) is 0 Å². The number of rotatable bonds is 3. The topological polar surface area (TPSA) is 98.7 Å². The maximum absolute atomic E-state index is 12.4. The van der Waals surface area contributed by atoms with Gasteiger partial charge in [-0.1, -0.05) is 12.8 Å². The Morgan fingerprint density at radius 3 is 2.76 bits per heavy atom. The van der Waals surface area contributed by atoms with E-state index in [0.29, 0.717) is 5.25 Å². The van der Waals surface area contributed by atoms with Gasteiger partial charge >= 0.3 is 12.0 Å². The molecular formula is C13H21N3O4S. The van der Waals surface area contributed by atoms with Crippen LogP contribution in [0.4, 0.5) is 4.79 Å². The molecule has 21 heavy (non-hydrogen) atoms. The molecular weight excluding hydrogens is 294 g/mol. The Balaban J connectivity index is 2.02. The molecule has 0 radical (unpaired) electrons. The minimum absolute atomic E-state index is 0.0423. The molecule has 3 N–H and O–H groups in total. The molecule has 0 aromatic rings. The van der Waals surface area contributed by atoms with Crippen molar-refractivity contribution in [1.82, 2.24) is 15.5 Å². The molecule has 7 nitrogen and oxygen atoms in total. The summed E-state index contributed by atoms with van der Waals surface area (Å²) < 4.78 is 0. The molecule has 1 aliphatic carbocycles. The largest absolute Gasteiger partial charge is 0.480 e. The molecule has 118 valence electrons. The number of carbonyl (C=O) groups is 3. The Kier molecular flexibility index (Phi) is 5.33. The molecule has 1 saturated carbocycles. The molecule has 1 saturated heterocycles. The fourth-order valence-corrected chi connectivity index (χ4v) is 3.80. The Hall–Kier alpha value is -1.44. The number of amides is 3. The monoisotopic (exact) mass is 315 g/mol. The van der Waals surface area contributed by atoms with Gasteiger partial charge in [-0.15, -0.1) is 0 Å². The molecule has 3 unspecified atom stereocenters. The highest BCUT2D eigenvalue weighted by Crippen LogP contribution is 2.27. The van der Waals surface area contributed by atoms with Crippen LogP contribution in [0.1, 0.15) is 25.7 Å². The minimum atomic E-state index is -1.10. The van der Waals surface area contributed by atoms with Crippen LogP contribution in [-0.4, -0.2) is 64.6 Å². The van der Waals surface area contributed by atoms with Gasteiger partial charge in [0.05, 0.1) is 0 Å². The average Bonchev–Trinajstić information content (AvgIpc) is 2.47. The van der Waals surface area contributed by atoms with Crippen molar-refractivity contribution in [3.8, 4) is 0 Å². The number of urea groups is 1. The van der Waals surface area contributed by atoms with Crippen molar-refractivity contribution in [2.75, 3.05) is 19.3 Å². The minimum Gasteiger partial charge on any atom is -0.480 e. The van der Waals surface area contributed by atoms with E-state index in [0.717, 1.165) is 30.6 Å². The summed E-state index contributed by atoms with van der Waals surface area (Å²) >= 11 is 1.72. The van der Waals surface area contributed by atoms with Crippen LogP contribution in [-0.2, 0) is 9.59 Å². The van der Waals surface area contributed by atoms with Crippen LogP contribution in [0.5, 0.6) is 0 Å². The summed E-state index contributed by atoms with van der Waals surface area (Å²) in [5, 5.41) is 14.9. The third-order valence-electron chi connectivity index (χ3n) is 4.04. The lowest BCUT2D eigenvalue weighted by atomic mass is 9.95. The summed E-state index contributed by atoms with van der Waals surface area (Å²) in [5.74, 6) is -1.43. The number of thioether (sulfide) groups is 1. The first-order valence-electron chi connectivity index (χ1n) is 7.12. The van der Waals surface area contributed by atoms with Crippen LogP contribution in [0, 0.1) is 0 Å². The second kappa shape index (κ2) is 7.02. The van der Waals surface area contributed by atoms with Crippen LogP contribution in [0.25, 0.3) is 0 Å². The third kappa shape index (κ3) is 3.81. The number of hydrogen-bond acceptors (Lipinski definition) is 4. The normalized spacial score (nSPS) is 29.7. The summed E-state index contributed by atoms with van der Waals surface area (Å²) in [6, 6.07) is -1.41. The van der Waals surface area contributed by atoms with Crippen LogP contribution < -0.4 is 10.6 Å². The Bertz CT molecular complexity index is 432. The second-order valence-corrected chi connectivity index (χ2v) is 6.48. The lowest BCUT2D eigenvalue weighted by molar-refractivity contribution is -0.144. The van der Waals surface area contributed by atoms with Gasteiger partial charge in [-0.2, -0.15) is 11.8 Å². The molecule has 2 fully saturated rings. The summed E-state index contributed by atoms with van der Waals surface area (Å²) in [6.45, 7) is -0.252. The second-order valence-electron chi connectivity index (χ2n) is 5.40. The molecule has 3 amide bonds. The smallest absolute Gasteiger partial charge is 0.328 e. The van der Waals surface area contributed by atoms with Crippen molar-refractivity contribution in [3.63, 3.8) is 0 Å². The van der Waals surface area contributed by atoms with Crippen LogP contribution in [0.3, 0.4) is 0 Å². The van der Waals surface area contributed by atoms with Gasteiger partial charge in [-0.3, -0.25) is 9.69 Å². The number of carbonyl (C=O) groups excluding carboxylic acids is 2. The number of aliphatic carboxylic acids is 1. The average molecular weight is 315 g/mol. The molecule has 1 heterocycles. The summed E-state index contributed by atoms with van der Waals surface area (Å²) in [4.78, 5) is 36.1. The van der Waals surface area contributed by atoms with Crippen molar-refractivity contribution in [2.45, 2.75) is 43.0 Å². The molecule has 3 atom stereocenters. The predicted octanol–water partition coefficient (Wildman–Crippen LogP) is 0.255. The van der Waals surface area contributed by atoms with E-state index >= 15 is 0 Å². The standard InChI is InChI=1S/C13H21N3O4S/c1-21-10-5-3-2-4-8(10)15-13(20)16-7-11(17)14-6-9(16)12(18)19/h8-10H,2-7H2,1H3,(H,14,17)(H,15,20)(H,18,19). The number of nitrogens with zero attached hydrogens (tertiary/aromatic N) is 1. The van der Waals surface area contributed by atoms with Gasteiger partial charge in [0, 0.05) is 17.8 Å². The highest BCUT2D eigenvalue weighted by molar-refractivity contribution is 7.99. The van der Waals surface area contributed by atoms with E-state index in [9.17, 15) is 19.5 Å². The van der Waals surface area contributed by atoms with Crippen molar-refractivity contribution < 1.29 is 19.5 Å². The molecule has 0 bridgehead atoms. The lowest BCUT2D eigenvalue weighted by Gasteiger charge is -2.36. The first-order chi connectivity index (χ1) is 10.0. The van der Waals surface area contributed by atoms with Gasteiger partial charge in [0.2, 0.25) is 5.91 Å². The highest BCUT2D eigenvalue weighted by Gasteiger charge is 2.37. The van der Waals surface area contributed by atoms with E-state index in [1.165, 1.54) is 0 Å². The molecule has 2 aliphatic rings. The van der Waals surface area contributed by atoms with E-state index in [1.807, 2.05) is 6.26 Å². The SMILES string of the molecule is CSC1CCCCC1NC(=O)N1CC(=O)NCC1C(=O)O. The number of carboxylic acid groups (broad SMARTS) is 1. The molecule has 1 aliphatic heterocycles. The Labute approximate surface area is 127 Å². The maximum atomic E-state index is 12.4. The first-order valence-corrected chi connectivity index (χ1v) is 8.41. The quantitative estimate of drug-likeness (QED) is 0.694. The molecule has 0 aromatic carbocycles. The van der Waals surface area contributed by atoms with Crippen molar-refractivity contribution in [1.29, 1.82) is 0 Å². The van der Waals surface area contributed by atoms with E-state index in [-0.39, 0.29) is 25.0 Å². The Morgan fingerprint density at radius 1 is 1.38 bits per heavy atom. The van der Waals surface area contributed by atoms with Gasteiger partial charge in [-0.05, 0) is 19.1 Å². The predicted molar refractivity (Wildman–Crippen MR) is 79.2 cm³/mol. The fourth-order valence-electron chi connectivity index (χ4n) is 2.86. The lowest BCUT2D eigenvalue weighted by Crippen LogP contribution is -2.62. The van der Waals surface area contributed by atoms with Crippen LogP contribution >= 0.6 is 11.8 Å². The molecule has 2 rings (SSSR count). The summed E-state index contributed by atoms with van der Waals surface area (Å²) in [7, 11) is 0. The number of hydrogen-bond donors (Lipinski definition) is 3. The van der Waals surface area contributed by atoms with Crippen molar-refractivity contribution in [3.05, 3.63) is 0 Å². The zero-order valence-electron chi connectivity index (χ0n) is 12.0. The van der Waals surface area contributed by atoms with Crippen molar-refractivity contribution >= 4 is 29.7 Å². The van der Waals surface area contributed by atoms with Gasteiger partial charge in [-0.25, -0.2) is 9.59 Å². The van der Waals surface area contributed by atoms with E-state index in [1.54, 1.807) is 11.8 Å². The first kappa shape index (κ1) is 15.9. The van der Waals surface area contributed by atoms with Gasteiger partial charge < -0.3 is 15.7 Å². The van der Waals surface area contributed by atoms with Crippen LogP contribution in [0.15, 0.2) is 0 Å². The number of carboxylic acids is 1. The van der Waals surface area contributed by atoms with E-state index in [4.69, 9.17) is 0 Å². The highest BCUT2D eigenvalue weighted by atomic mass is 32.2.